The van der Waals surface area contributed by atoms with E-state index in [4.69, 9.17) is 15.2 Å². The van der Waals surface area contributed by atoms with Crippen molar-refractivity contribution < 1.29 is 9.47 Å². The molecule has 3 nitrogen and oxygen atoms in total. The van der Waals surface area contributed by atoms with Crippen molar-refractivity contribution in [3.63, 3.8) is 0 Å². The molecule has 2 aromatic carbocycles. The first-order valence-corrected chi connectivity index (χ1v) is 6.02. The Morgan fingerprint density at radius 1 is 0.778 bits per heavy atom. The van der Waals surface area contributed by atoms with Gasteiger partial charge >= 0.3 is 0 Å². The number of ether oxygens (including phenoxy) is 2. The molecule has 1 aliphatic heterocycles. The van der Waals surface area contributed by atoms with E-state index in [0.717, 1.165) is 22.4 Å². The van der Waals surface area contributed by atoms with E-state index >= 15 is 0 Å². The average Bonchev–Trinajstić information content (AvgIpc) is 2.94. The van der Waals surface area contributed by atoms with Crippen LogP contribution < -0.4 is 5.73 Å². The Labute approximate surface area is 106 Å². The Morgan fingerprint density at radius 2 is 1.28 bits per heavy atom. The highest BCUT2D eigenvalue weighted by Crippen LogP contribution is 2.26. The van der Waals surface area contributed by atoms with Crippen molar-refractivity contribution >= 4 is 5.69 Å². The second-order valence-electron chi connectivity index (χ2n) is 4.32. The van der Waals surface area contributed by atoms with Crippen molar-refractivity contribution in [2.45, 2.75) is 6.29 Å². The van der Waals surface area contributed by atoms with Crippen molar-refractivity contribution in [2.75, 3.05) is 18.9 Å². The van der Waals surface area contributed by atoms with Crippen LogP contribution in [0, 0.1) is 0 Å². The predicted molar refractivity (Wildman–Crippen MR) is 70.9 cm³/mol. The minimum Gasteiger partial charge on any atom is -0.399 e. The molecule has 0 aliphatic carbocycles. The molecule has 0 aromatic heterocycles. The minimum atomic E-state index is -0.203. The van der Waals surface area contributed by atoms with Gasteiger partial charge in [-0.2, -0.15) is 0 Å². The molecule has 1 heterocycles. The third-order valence-electron chi connectivity index (χ3n) is 3.05. The maximum atomic E-state index is 5.68. The van der Waals surface area contributed by atoms with Crippen LogP contribution in [-0.4, -0.2) is 13.2 Å². The van der Waals surface area contributed by atoms with Gasteiger partial charge in [0.2, 0.25) is 0 Å². The summed E-state index contributed by atoms with van der Waals surface area (Å²) in [4.78, 5) is 0. The van der Waals surface area contributed by atoms with Gasteiger partial charge in [0.25, 0.3) is 0 Å². The van der Waals surface area contributed by atoms with E-state index in [-0.39, 0.29) is 6.29 Å². The molecule has 0 atom stereocenters. The smallest absolute Gasteiger partial charge is 0.184 e. The third-order valence-corrected chi connectivity index (χ3v) is 3.05. The third kappa shape index (κ3) is 2.23. The first kappa shape index (κ1) is 11.3. The molecule has 0 spiro atoms. The fraction of sp³-hybridized carbons (Fsp3) is 0.200. The second-order valence-corrected chi connectivity index (χ2v) is 4.32. The quantitative estimate of drug-likeness (QED) is 0.822. The highest BCUT2D eigenvalue weighted by Gasteiger charge is 2.17. The summed E-state index contributed by atoms with van der Waals surface area (Å²) in [7, 11) is 0. The Morgan fingerprint density at radius 3 is 1.83 bits per heavy atom. The van der Waals surface area contributed by atoms with Crippen molar-refractivity contribution in [2.24, 2.45) is 0 Å². The SMILES string of the molecule is Nc1ccc(-c2ccc(C3OCCO3)cc2)cc1. The molecular formula is C15H15NO2. The van der Waals surface area contributed by atoms with Crippen LogP contribution in [0.1, 0.15) is 11.9 Å². The molecule has 0 bridgehead atoms. The number of nitrogen functional groups attached to an aromatic ring is 1. The fourth-order valence-corrected chi connectivity index (χ4v) is 2.06. The largest absolute Gasteiger partial charge is 0.399 e. The van der Waals surface area contributed by atoms with Crippen molar-refractivity contribution in [1.29, 1.82) is 0 Å². The molecule has 0 radical (unpaired) electrons. The van der Waals surface area contributed by atoms with Crippen LogP contribution in [0.4, 0.5) is 5.69 Å². The van der Waals surface area contributed by atoms with E-state index in [1.165, 1.54) is 0 Å². The summed E-state index contributed by atoms with van der Waals surface area (Å²) in [6.07, 6.45) is -0.203. The van der Waals surface area contributed by atoms with Crippen LogP contribution in [0.15, 0.2) is 48.5 Å². The lowest BCUT2D eigenvalue weighted by Gasteiger charge is -2.10. The maximum absolute atomic E-state index is 5.68. The minimum absolute atomic E-state index is 0.203. The lowest BCUT2D eigenvalue weighted by atomic mass is 10.0. The molecule has 1 fully saturated rings. The van der Waals surface area contributed by atoms with Gasteiger partial charge in [-0.25, -0.2) is 0 Å². The predicted octanol–water partition coefficient (Wildman–Crippen LogP) is 2.98. The number of anilines is 1. The monoisotopic (exact) mass is 241 g/mol. The molecule has 3 rings (SSSR count). The summed E-state index contributed by atoms with van der Waals surface area (Å²) < 4.78 is 10.9. The molecule has 1 saturated heterocycles. The summed E-state index contributed by atoms with van der Waals surface area (Å²) in [6, 6.07) is 16.1. The summed E-state index contributed by atoms with van der Waals surface area (Å²) in [6.45, 7) is 1.34. The average molecular weight is 241 g/mol. The molecule has 2 N–H and O–H groups in total. The topological polar surface area (TPSA) is 44.5 Å². The van der Waals surface area contributed by atoms with Crippen LogP contribution in [-0.2, 0) is 9.47 Å². The van der Waals surface area contributed by atoms with Crippen molar-refractivity contribution in [1.82, 2.24) is 0 Å². The lowest BCUT2D eigenvalue weighted by Crippen LogP contribution is -1.97. The van der Waals surface area contributed by atoms with Crippen LogP contribution in [0.5, 0.6) is 0 Å². The van der Waals surface area contributed by atoms with Gasteiger partial charge in [0.05, 0.1) is 13.2 Å². The van der Waals surface area contributed by atoms with E-state index in [1.54, 1.807) is 0 Å². The molecule has 0 saturated carbocycles. The van der Waals surface area contributed by atoms with E-state index in [0.29, 0.717) is 13.2 Å². The Bertz CT molecular complexity index is 513. The van der Waals surface area contributed by atoms with E-state index in [2.05, 4.69) is 12.1 Å². The lowest BCUT2D eigenvalue weighted by molar-refractivity contribution is -0.0441. The van der Waals surface area contributed by atoms with Gasteiger partial charge in [0.15, 0.2) is 6.29 Å². The zero-order valence-electron chi connectivity index (χ0n) is 10.0. The van der Waals surface area contributed by atoms with Gasteiger partial charge in [0, 0.05) is 11.3 Å². The molecule has 3 heteroatoms. The first-order valence-electron chi connectivity index (χ1n) is 6.02. The zero-order chi connectivity index (χ0) is 12.4. The fourth-order valence-electron chi connectivity index (χ4n) is 2.06. The molecule has 2 aromatic rings. The zero-order valence-corrected chi connectivity index (χ0v) is 10.0. The van der Waals surface area contributed by atoms with Crippen molar-refractivity contribution in [3.05, 3.63) is 54.1 Å². The summed E-state index contributed by atoms with van der Waals surface area (Å²) in [5.74, 6) is 0. The van der Waals surface area contributed by atoms with Gasteiger partial charge in [-0.1, -0.05) is 36.4 Å². The molecule has 18 heavy (non-hydrogen) atoms. The van der Waals surface area contributed by atoms with Crippen LogP contribution in [0.3, 0.4) is 0 Å². The van der Waals surface area contributed by atoms with E-state index in [9.17, 15) is 0 Å². The number of nitrogens with two attached hydrogens (primary N) is 1. The molecule has 0 amide bonds. The number of hydrogen-bond donors (Lipinski definition) is 1. The summed E-state index contributed by atoms with van der Waals surface area (Å²) in [5.41, 5.74) is 9.84. The van der Waals surface area contributed by atoms with Gasteiger partial charge in [-0.05, 0) is 23.3 Å². The Balaban J connectivity index is 1.84. The molecule has 92 valence electrons. The standard InChI is InChI=1S/C15H15NO2/c16-14-7-5-12(6-8-14)11-1-3-13(4-2-11)15-17-9-10-18-15/h1-8,15H,9-10,16H2. The number of rotatable bonds is 2. The summed E-state index contributed by atoms with van der Waals surface area (Å²) in [5, 5.41) is 0. The maximum Gasteiger partial charge on any atom is 0.184 e. The molecule has 1 aliphatic rings. The number of hydrogen-bond acceptors (Lipinski definition) is 3. The summed E-state index contributed by atoms with van der Waals surface area (Å²) >= 11 is 0. The van der Waals surface area contributed by atoms with Crippen LogP contribution in [0.2, 0.25) is 0 Å². The van der Waals surface area contributed by atoms with Gasteiger partial charge in [0.1, 0.15) is 0 Å². The Hall–Kier alpha value is -1.84. The van der Waals surface area contributed by atoms with Gasteiger partial charge < -0.3 is 15.2 Å². The van der Waals surface area contributed by atoms with Crippen LogP contribution in [0.25, 0.3) is 11.1 Å². The molecular weight excluding hydrogens is 226 g/mol. The van der Waals surface area contributed by atoms with Gasteiger partial charge in [-0.15, -0.1) is 0 Å². The second kappa shape index (κ2) is 4.80. The highest BCUT2D eigenvalue weighted by atomic mass is 16.7. The normalized spacial score (nSPS) is 16.0. The highest BCUT2D eigenvalue weighted by molar-refractivity contribution is 5.65. The van der Waals surface area contributed by atoms with Crippen LogP contribution >= 0.6 is 0 Å². The first-order chi connectivity index (χ1) is 8.83. The van der Waals surface area contributed by atoms with Crippen molar-refractivity contribution in [3.8, 4) is 11.1 Å². The Kier molecular flexibility index (Phi) is 3.00. The van der Waals surface area contributed by atoms with Gasteiger partial charge in [-0.3, -0.25) is 0 Å². The van der Waals surface area contributed by atoms with E-state index in [1.807, 2.05) is 36.4 Å². The van der Waals surface area contributed by atoms with E-state index < -0.39 is 0 Å². The number of benzene rings is 2. The molecule has 0 unspecified atom stereocenters.